The molecule has 6 heteroatoms. The predicted octanol–water partition coefficient (Wildman–Crippen LogP) is 4.36. The van der Waals surface area contributed by atoms with Crippen LogP contribution in [-0.2, 0) is 15.7 Å². The number of hydrogen-bond acceptors (Lipinski definition) is 5. The summed E-state index contributed by atoms with van der Waals surface area (Å²) in [7, 11) is -0.836. The van der Waals surface area contributed by atoms with Gasteiger partial charge in [0.1, 0.15) is 0 Å². The number of rotatable bonds is 6. The second-order valence-electron chi connectivity index (χ2n) is 6.09. The van der Waals surface area contributed by atoms with Crippen molar-refractivity contribution < 1.29 is 23.8 Å². The summed E-state index contributed by atoms with van der Waals surface area (Å²) in [6, 6.07) is 15.6. The first-order valence-electron chi connectivity index (χ1n) is 8.38. The fourth-order valence-corrected chi connectivity index (χ4v) is 2.38. The molecule has 0 atom stereocenters. The summed E-state index contributed by atoms with van der Waals surface area (Å²) >= 11 is 0. The van der Waals surface area contributed by atoms with Crippen LogP contribution in [0.25, 0.3) is 0 Å². The molecule has 0 fully saturated rings. The Bertz CT molecular complexity index is 651. The summed E-state index contributed by atoms with van der Waals surface area (Å²) in [5.41, 5.74) is 4.19. The molecule has 0 saturated heterocycles. The van der Waals surface area contributed by atoms with Crippen LogP contribution in [0.1, 0.15) is 46.8 Å². The Kier molecular flexibility index (Phi) is 10.1. The molecule has 0 aromatic heterocycles. The van der Waals surface area contributed by atoms with Crippen molar-refractivity contribution in [3.63, 3.8) is 0 Å². The van der Waals surface area contributed by atoms with Gasteiger partial charge in [-0.1, -0.05) is 55.8 Å². The molecule has 0 unspecified atom stereocenters. The summed E-state index contributed by atoms with van der Waals surface area (Å²) < 4.78 is 9.24. The molecule has 0 aliphatic rings. The highest BCUT2D eigenvalue weighted by Crippen LogP contribution is 2.24. The van der Waals surface area contributed by atoms with E-state index in [0.29, 0.717) is 24.5 Å². The van der Waals surface area contributed by atoms with Crippen molar-refractivity contribution in [2.24, 2.45) is 0 Å². The maximum Gasteiger partial charge on any atom is 0.337 e. The molecule has 142 valence electrons. The van der Waals surface area contributed by atoms with Gasteiger partial charge in [-0.2, -0.15) is 0 Å². The minimum absolute atomic E-state index is 0.287. The van der Waals surface area contributed by atoms with Gasteiger partial charge in [0.05, 0.1) is 19.3 Å². The van der Waals surface area contributed by atoms with Crippen molar-refractivity contribution in [1.29, 1.82) is 0 Å². The lowest BCUT2D eigenvalue weighted by molar-refractivity contribution is 0.0600. The molecule has 0 saturated carbocycles. The molecule has 0 spiro atoms. The van der Waals surface area contributed by atoms with Crippen molar-refractivity contribution in [1.82, 2.24) is 0 Å². The minimum Gasteiger partial charge on any atom is -0.465 e. The third-order valence-corrected chi connectivity index (χ3v) is 4.13. The Morgan fingerprint density at radius 3 is 2.08 bits per heavy atom. The zero-order valence-electron chi connectivity index (χ0n) is 15.7. The summed E-state index contributed by atoms with van der Waals surface area (Å²) in [6.45, 7) is 6.63. The van der Waals surface area contributed by atoms with Crippen LogP contribution in [0.5, 0.6) is 0 Å². The second-order valence-corrected chi connectivity index (χ2v) is 6.85. The first-order chi connectivity index (χ1) is 12.3. The quantitative estimate of drug-likeness (QED) is 0.577. The maximum absolute atomic E-state index is 10.9. The summed E-state index contributed by atoms with van der Waals surface area (Å²) in [6.07, 6.45) is 0.707. The number of carbonyl (C=O) groups is 1. The third kappa shape index (κ3) is 8.54. The fraction of sp³-hybridized carbons (Fsp3) is 0.350. The highest BCUT2D eigenvalue weighted by atomic mass is 31.2. The number of methoxy groups -OCH3 is 1. The number of aryl methyl sites for hydroxylation is 1. The van der Waals surface area contributed by atoms with E-state index in [2.05, 4.69) is 42.8 Å². The average Bonchev–Trinajstić information content (AvgIpc) is 2.62. The van der Waals surface area contributed by atoms with Crippen LogP contribution in [-0.4, -0.2) is 29.5 Å². The van der Waals surface area contributed by atoms with Gasteiger partial charge in [-0.25, -0.2) is 4.79 Å². The van der Waals surface area contributed by atoms with E-state index in [-0.39, 0.29) is 5.97 Å². The van der Waals surface area contributed by atoms with Crippen LogP contribution in [0.3, 0.4) is 0 Å². The number of ether oxygens (including phenoxy) is 1. The summed E-state index contributed by atoms with van der Waals surface area (Å²) in [5.74, 6) is 0.253. The monoisotopic (exact) mass is 378 g/mol. The molecule has 0 heterocycles. The summed E-state index contributed by atoms with van der Waals surface area (Å²) in [5, 5.41) is 0. The van der Waals surface area contributed by atoms with Crippen LogP contribution < -0.4 is 0 Å². The van der Waals surface area contributed by atoms with Gasteiger partial charge in [-0.05, 0) is 42.5 Å². The van der Waals surface area contributed by atoms with Crippen molar-refractivity contribution >= 4 is 14.6 Å². The third-order valence-electron chi connectivity index (χ3n) is 3.72. The highest BCUT2D eigenvalue weighted by Gasteiger charge is 2.02. The lowest BCUT2D eigenvalue weighted by atomic mass is 10.0. The smallest absolute Gasteiger partial charge is 0.337 e. The van der Waals surface area contributed by atoms with Crippen LogP contribution in [0.15, 0.2) is 48.5 Å². The zero-order valence-corrected chi connectivity index (χ0v) is 16.6. The fourth-order valence-electron chi connectivity index (χ4n) is 2.12. The van der Waals surface area contributed by atoms with Gasteiger partial charge >= 0.3 is 14.6 Å². The van der Waals surface area contributed by atoms with Crippen molar-refractivity contribution in [3.8, 4) is 0 Å². The Morgan fingerprint density at radius 2 is 1.62 bits per heavy atom. The normalized spacial score (nSPS) is 10.5. The Balaban J connectivity index is 0.000000273. The van der Waals surface area contributed by atoms with Gasteiger partial charge in [0.25, 0.3) is 0 Å². The molecule has 26 heavy (non-hydrogen) atoms. The number of carbonyl (C=O) groups excluding carboxylic acids is 1. The average molecular weight is 378 g/mol. The lowest BCUT2D eigenvalue weighted by Gasteiger charge is -2.07. The molecule has 0 bridgehead atoms. The number of esters is 1. The van der Waals surface area contributed by atoms with Gasteiger partial charge in [-0.15, -0.1) is 0 Å². The van der Waals surface area contributed by atoms with E-state index in [0.717, 1.165) is 11.1 Å². The van der Waals surface area contributed by atoms with E-state index in [1.54, 1.807) is 12.1 Å². The first kappa shape index (κ1) is 22.3. The minimum atomic E-state index is -2.21. The van der Waals surface area contributed by atoms with Crippen LogP contribution in [0.2, 0.25) is 0 Å². The Morgan fingerprint density at radius 1 is 1.04 bits per heavy atom. The van der Waals surface area contributed by atoms with E-state index in [9.17, 15) is 4.79 Å². The van der Waals surface area contributed by atoms with E-state index < -0.39 is 8.60 Å². The number of benzene rings is 2. The highest BCUT2D eigenvalue weighted by molar-refractivity contribution is 7.39. The SMILES string of the molecule is CC(C)c1ccc(CCOP(O)O)cc1.COC(=O)c1ccc(C)cc1. The molecular weight excluding hydrogens is 351 g/mol. The van der Waals surface area contributed by atoms with E-state index in [4.69, 9.17) is 14.3 Å². The van der Waals surface area contributed by atoms with Crippen molar-refractivity contribution in [2.75, 3.05) is 13.7 Å². The van der Waals surface area contributed by atoms with Gasteiger partial charge < -0.3 is 19.0 Å². The molecular formula is C20H27O5P. The van der Waals surface area contributed by atoms with Crippen LogP contribution in [0, 0.1) is 6.92 Å². The lowest BCUT2D eigenvalue weighted by Crippen LogP contribution is -2.00. The maximum atomic E-state index is 10.9. The van der Waals surface area contributed by atoms with Crippen LogP contribution >= 0.6 is 8.60 Å². The molecule has 2 N–H and O–H groups in total. The molecule has 5 nitrogen and oxygen atoms in total. The van der Waals surface area contributed by atoms with E-state index in [1.807, 2.05) is 19.1 Å². The molecule has 2 aromatic carbocycles. The Hall–Kier alpha value is -1.78. The molecule has 2 aromatic rings. The number of hydrogen-bond donors (Lipinski definition) is 2. The molecule has 2 rings (SSSR count). The second kappa shape index (κ2) is 11.8. The standard InChI is InChI=1S/C11H17O3P.C9H10O2/c1-9(2)11-5-3-10(4-6-11)7-8-14-15(12)13;1-7-3-5-8(6-4-7)9(10)11-2/h3-6,9,12-13H,7-8H2,1-2H3;3-6H,1-2H3. The van der Waals surface area contributed by atoms with E-state index in [1.165, 1.54) is 12.7 Å². The van der Waals surface area contributed by atoms with Crippen molar-refractivity contribution in [3.05, 3.63) is 70.8 Å². The zero-order chi connectivity index (χ0) is 19.5. The largest absolute Gasteiger partial charge is 0.465 e. The molecule has 0 radical (unpaired) electrons. The van der Waals surface area contributed by atoms with Gasteiger partial charge in [0, 0.05) is 0 Å². The molecule has 0 amide bonds. The van der Waals surface area contributed by atoms with E-state index >= 15 is 0 Å². The molecule has 0 aliphatic heterocycles. The Labute approximate surface area is 156 Å². The van der Waals surface area contributed by atoms with Gasteiger partial charge in [-0.3, -0.25) is 0 Å². The first-order valence-corrected chi connectivity index (χ1v) is 9.54. The van der Waals surface area contributed by atoms with Crippen LogP contribution in [0.4, 0.5) is 0 Å². The van der Waals surface area contributed by atoms with Gasteiger partial charge in [0.15, 0.2) is 0 Å². The molecule has 0 aliphatic carbocycles. The van der Waals surface area contributed by atoms with Gasteiger partial charge in [0.2, 0.25) is 0 Å². The van der Waals surface area contributed by atoms with Crippen molar-refractivity contribution in [2.45, 2.75) is 33.1 Å². The summed E-state index contributed by atoms with van der Waals surface area (Å²) in [4.78, 5) is 28.0. The topological polar surface area (TPSA) is 76.0 Å². The predicted molar refractivity (Wildman–Crippen MR) is 104 cm³/mol.